The third-order valence-corrected chi connectivity index (χ3v) is 3.98. The lowest BCUT2D eigenvalue weighted by molar-refractivity contribution is 0.0947. The minimum atomic E-state index is -0.229. The number of amides is 1. The first-order chi connectivity index (χ1) is 13.2. The van der Waals surface area contributed by atoms with E-state index in [1.807, 2.05) is 38.2 Å². The maximum absolute atomic E-state index is 12.6. The zero-order valence-electron chi connectivity index (χ0n) is 15.4. The van der Waals surface area contributed by atoms with E-state index in [4.69, 9.17) is 13.9 Å². The van der Waals surface area contributed by atoms with Crippen molar-refractivity contribution in [1.29, 1.82) is 0 Å². The fraction of sp³-hybridized carbons (Fsp3) is 0.300. The quantitative estimate of drug-likeness (QED) is 0.626. The van der Waals surface area contributed by atoms with Gasteiger partial charge in [0, 0.05) is 24.5 Å². The molecule has 27 heavy (non-hydrogen) atoms. The van der Waals surface area contributed by atoms with Gasteiger partial charge in [-0.3, -0.25) is 9.48 Å². The number of hydrogen-bond acceptors (Lipinski definition) is 5. The zero-order chi connectivity index (χ0) is 19.1. The monoisotopic (exact) mass is 369 g/mol. The van der Waals surface area contributed by atoms with Gasteiger partial charge < -0.3 is 19.2 Å². The summed E-state index contributed by atoms with van der Waals surface area (Å²) in [5, 5.41) is 7.20. The summed E-state index contributed by atoms with van der Waals surface area (Å²) in [6.45, 7) is 5.15. The van der Waals surface area contributed by atoms with Gasteiger partial charge >= 0.3 is 0 Å². The van der Waals surface area contributed by atoms with E-state index in [0.29, 0.717) is 36.8 Å². The van der Waals surface area contributed by atoms with Gasteiger partial charge in [0.1, 0.15) is 11.8 Å². The van der Waals surface area contributed by atoms with Crippen molar-refractivity contribution in [2.24, 2.45) is 0 Å². The second kappa shape index (κ2) is 8.93. The van der Waals surface area contributed by atoms with E-state index in [0.717, 1.165) is 5.76 Å². The number of rotatable bonds is 9. The highest BCUT2D eigenvalue weighted by Gasteiger charge is 2.19. The third kappa shape index (κ3) is 4.49. The van der Waals surface area contributed by atoms with Crippen LogP contribution in [0.4, 0.5) is 0 Å². The molecule has 0 aliphatic heterocycles. The molecule has 7 nitrogen and oxygen atoms in total. The number of hydrogen-bond donors (Lipinski definition) is 1. The number of aromatic nitrogens is 2. The SMILES string of the molecule is CCOc1ccc(C(=O)NCC(c2ccco2)n2cccn2)cc1OCC. The minimum absolute atomic E-state index is 0.206. The molecule has 0 saturated heterocycles. The van der Waals surface area contributed by atoms with Crippen molar-refractivity contribution in [2.75, 3.05) is 19.8 Å². The molecule has 142 valence electrons. The van der Waals surface area contributed by atoms with Gasteiger partial charge in [0.05, 0.1) is 19.5 Å². The van der Waals surface area contributed by atoms with Crippen LogP contribution in [-0.2, 0) is 0 Å². The van der Waals surface area contributed by atoms with Crippen LogP contribution in [0.5, 0.6) is 11.5 Å². The molecule has 1 N–H and O–H groups in total. The molecular weight excluding hydrogens is 346 g/mol. The summed E-state index contributed by atoms with van der Waals surface area (Å²) in [5.74, 6) is 1.70. The first kappa shape index (κ1) is 18.6. The van der Waals surface area contributed by atoms with Crippen LogP contribution in [0.3, 0.4) is 0 Å². The van der Waals surface area contributed by atoms with E-state index >= 15 is 0 Å². The summed E-state index contributed by atoms with van der Waals surface area (Å²) in [6, 6.07) is 10.4. The number of carbonyl (C=O) groups is 1. The highest BCUT2D eigenvalue weighted by atomic mass is 16.5. The summed E-state index contributed by atoms with van der Waals surface area (Å²) in [7, 11) is 0. The Labute approximate surface area is 157 Å². The first-order valence-corrected chi connectivity index (χ1v) is 8.93. The van der Waals surface area contributed by atoms with Crippen molar-refractivity contribution >= 4 is 5.91 Å². The molecule has 0 bridgehead atoms. The lowest BCUT2D eigenvalue weighted by Gasteiger charge is -2.17. The van der Waals surface area contributed by atoms with Crippen LogP contribution >= 0.6 is 0 Å². The third-order valence-electron chi connectivity index (χ3n) is 3.98. The van der Waals surface area contributed by atoms with Gasteiger partial charge in [-0.1, -0.05) is 0 Å². The van der Waals surface area contributed by atoms with Gasteiger partial charge in [0.25, 0.3) is 5.91 Å². The average Bonchev–Trinajstić information content (AvgIpc) is 3.38. The van der Waals surface area contributed by atoms with E-state index in [9.17, 15) is 4.79 Å². The molecule has 1 amide bonds. The van der Waals surface area contributed by atoms with E-state index in [1.54, 1.807) is 35.3 Å². The lowest BCUT2D eigenvalue weighted by atomic mass is 10.1. The van der Waals surface area contributed by atoms with Crippen molar-refractivity contribution in [2.45, 2.75) is 19.9 Å². The summed E-state index contributed by atoms with van der Waals surface area (Å²) in [6.07, 6.45) is 5.14. The molecule has 1 aromatic carbocycles. The Morgan fingerprint density at radius 1 is 1.19 bits per heavy atom. The second-order valence-electron chi connectivity index (χ2n) is 5.75. The van der Waals surface area contributed by atoms with Crippen LogP contribution in [-0.4, -0.2) is 35.4 Å². The smallest absolute Gasteiger partial charge is 0.251 e. The highest BCUT2D eigenvalue weighted by molar-refractivity contribution is 5.94. The Bertz CT molecular complexity index is 810. The van der Waals surface area contributed by atoms with Gasteiger partial charge in [-0.25, -0.2) is 0 Å². The summed E-state index contributed by atoms with van der Waals surface area (Å²) in [5.41, 5.74) is 0.501. The Kier molecular flexibility index (Phi) is 6.14. The first-order valence-electron chi connectivity index (χ1n) is 8.93. The molecule has 7 heteroatoms. The van der Waals surface area contributed by atoms with E-state index < -0.39 is 0 Å². The van der Waals surface area contributed by atoms with Crippen LogP contribution in [0.15, 0.2) is 59.5 Å². The van der Waals surface area contributed by atoms with Crippen LogP contribution in [0, 0.1) is 0 Å². The molecule has 0 spiro atoms. The van der Waals surface area contributed by atoms with Crippen molar-refractivity contribution in [3.05, 3.63) is 66.4 Å². The summed E-state index contributed by atoms with van der Waals surface area (Å²) < 4.78 is 18.4. The van der Waals surface area contributed by atoms with Gasteiger partial charge in [0.15, 0.2) is 11.5 Å². The predicted molar refractivity (Wildman–Crippen MR) is 100 cm³/mol. The predicted octanol–water partition coefficient (Wildman–Crippen LogP) is 3.29. The number of nitrogens with zero attached hydrogens (tertiary/aromatic N) is 2. The average molecular weight is 369 g/mol. The van der Waals surface area contributed by atoms with E-state index in [2.05, 4.69) is 10.4 Å². The topological polar surface area (TPSA) is 78.5 Å². The molecule has 3 aromatic rings. The highest BCUT2D eigenvalue weighted by Crippen LogP contribution is 2.28. The minimum Gasteiger partial charge on any atom is -0.490 e. The number of ether oxygens (including phenoxy) is 2. The Balaban J connectivity index is 1.73. The lowest BCUT2D eigenvalue weighted by Crippen LogP contribution is -2.31. The van der Waals surface area contributed by atoms with Gasteiger partial charge in [-0.15, -0.1) is 0 Å². The van der Waals surface area contributed by atoms with Gasteiger partial charge in [-0.2, -0.15) is 5.10 Å². The Morgan fingerprint density at radius 2 is 2.00 bits per heavy atom. The largest absolute Gasteiger partial charge is 0.490 e. The van der Waals surface area contributed by atoms with Crippen molar-refractivity contribution in [3.63, 3.8) is 0 Å². The molecule has 0 fully saturated rings. The molecule has 0 aliphatic rings. The standard InChI is InChI=1S/C20H23N3O4/c1-3-25-18-9-8-15(13-19(18)26-4-2)20(24)21-14-16(17-7-5-12-27-17)23-11-6-10-22-23/h5-13,16H,3-4,14H2,1-2H3,(H,21,24). The molecule has 0 radical (unpaired) electrons. The number of benzene rings is 1. The van der Waals surface area contributed by atoms with Crippen LogP contribution in [0.1, 0.15) is 36.0 Å². The van der Waals surface area contributed by atoms with E-state index in [-0.39, 0.29) is 11.9 Å². The summed E-state index contributed by atoms with van der Waals surface area (Å²) >= 11 is 0. The molecular formula is C20H23N3O4. The number of carbonyl (C=O) groups excluding carboxylic acids is 1. The van der Waals surface area contributed by atoms with Crippen molar-refractivity contribution < 1.29 is 18.7 Å². The van der Waals surface area contributed by atoms with Crippen molar-refractivity contribution in [3.8, 4) is 11.5 Å². The van der Waals surface area contributed by atoms with Crippen LogP contribution in [0.25, 0.3) is 0 Å². The van der Waals surface area contributed by atoms with Crippen LogP contribution in [0.2, 0.25) is 0 Å². The Hall–Kier alpha value is -3.22. The summed E-state index contributed by atoms with van der Waals surface area (Å²) in [4.78, 5) is 12.6. The Morgan fingerprint density at radius 3 is 2.67 bits per heavy atom. The molecule has 2 heterocycles. The number of nitrogens with one attached hydrogen (secondary N) is 1. The maximum atomic E-state index is 12.6. The molecule has 0 saturated carbocycles. The second-order valence-corrected chi connectivity index (χ2v) is 5.75. The molecule has 1 unspecified atom stereocenters. The van der Waals surface area contributed by atoms with Crippen LogP contribution < -0.4 is 14.8 Å². The molecule has 3 rings (SSSR count). The van der Waals surface area contributed by atoms with E-state index in [1.165, 1.54) is 0 Å². The normalized spacial score (nSPS) is 11.8. The zero-order valence-corrected chi connectivity index (χ0v) is 15.4. The maximum Gasteiger partial charge on any atom is 0.251 e. The van der Waals surface area contributed by atoms with Gasteiger partial charge in [-0.05, 0) is 50.2 Å². The molecule has 0 aliphatic carbocycles. The number of furan rings is 1. The van der Waals surface area contributed by atoms with Gasteiger partial charge in [0.2, 0.25) is 0 Å². The fourth-order valence-electron chi connectivity index (χ4n) is 2.75. The molecule has 1 atom stereocenters. The van der Waals surface area contributed by atoms with Crippen molar-refractivity contribution in [1.82, 2.24) is 15.1 Å². The fourth-order valence-corrected chi connectivity index (χ4v) is 2.75. The molecule has 2 aromatic heterocycles.